The van der Waals surface area contributed by atoms with Gasteiger partial charge in [0.1, 0.15) is 10.9 Å². The maximum atomic E-state index is 12.8. The van der Waals surface area contributed by atoms with Gasteiger partial charge in [-0.15, -0.1) is 0 Å². The van der Waals surface area contributed by atoms with Crippen molar-refractivity contribution in [2.24, 2.45) is 0 Å². The Morgan fingerprint density at radius 2 is 1.72 bits per heavy atom. The number of pyridine rings is 1. The molecule has 8 heteroatoms. The zero-order valence-corrected chi connectivity index (χ0v) is 14.8. The zero-order valence-electron chi connectivity index (χ0n) is 12.5. The molecule has 0 amide bonds. The van der Waals surface area contributed by atoms with E-state index in [0.29, 0.717) is 21.6 Å². The van der Waals surface area contributed by atoms with Crippen LogP contribution in [0.5, 0.6) is 0 Å². The molecule has 2 heterocycles. The van der Waals surface area contributed by atoms with E-state index in [2.05, 4.69) is 26.0 Å². The molecule has 2 N–H and O–H groups in total. The highest BCUT2D eigenvalue weighted by atomic mass is 79.9. The van der Waals surface area contributed by atoms with Crippen LogP contribution < -0.4 is 16.5 Å². The summed E-state index contributed by atoms with van der Waals surface area (Å²) in [5, 5.41) is 2.97. The average molecular weight is 419 g/mol. The van der Waals surface area contributed by atoms with Crippen LogP contribution in [0.25, 0.3) is 27.5 Å². The minimum absolute atomic E-state index is 0.0635. The molecule has 4 rings (SSSR count). The lowest BCUT2D eigenvalue weighted by Gasteiger charge is -2.08. The lowest BCUT2D eigenvalue weighted by Crippen LogP contribution is -2.32. The first kappa shape index (κ1) is 15.9. The van der Waals surface area contributed by atoms with Crippen LogP contribution >= 0.6 is 27.5 Å². The maximum Gasteiger partial charge on any atom is 0.294 e. The van der Waals surface area contributed by atoms with Crippen molar-refractivity contribution >= 4 is 49.3 Å². The average Bonchev–Trinajstić information content (AvgIpc) is 2.58. The molecular formula is C17H9BrClN3O3. The minimum Gasteiger partial charge on any atom is -0.350 e. The molecule has 0 atom stereocenters. The fourth-order valence-corrected chi connectivity index (χ4v) is 3.17. The minimum atomic E-state index is -0.643. The molecule has 6 nitrogen and oxygen atoms in total. The Morgan fingerprint density at radius 3 is 2.44 bits per heavy atom. The van der Waals surface area contributed by atoms with Crippen molar-refractivity contribution in [3.8, 4) is 5.69 Å². The fourth-order valence-electron chi connectivity index (χ4n) is 2.73. The second-order valence-corrected chi connectivity index (χ2v) is 6.80. The summed E-state index contributed by atoms with van der Waals surface area (Å²) in [4.78, 5) is 40.8. The van der Waals surface area contributed by atoms with Crippen molar-refractivity contribution in [1.29, 1.82) is 0 Å². The third-order valence-electron chi connectivity index (χ3n) is 3.91. The van der Waals surface area contributed by atoms with Crippen molar-refractivity contribution in [2.75, 3.05) is 0 Å². The number of hydrogen-bond donors (Lipinski definition) is 2. The monoisotopic (exact) mass is 417 g/mol. The number of H-pyrrole nitrogens is 2. The van der Waals surface area contributed by atoms with Crippen molar-refractivity contribution in [2.45, 2.75) is 0 Å². The van der Waals surface area contributed by atoms with Gasteiger partial charge < -0.3 is 4.98 Å². The quantitative estimate of drug-likeness (QED) is 0.466. The number of aromatic amines is 2. The molecule has 0 aliphatic carbocycles. The van der Waals surface area contributed by atoms with E-state index in [9.17, 15) is 14.4 Å². The van der Waals surface area contributed by atoms with E-state index < -0.39 is 16.5 Å². The number of halogens is 2. The topological polar surface area (TPSA) is 87.7 Å². The number of hydrogen-bond acceptors (Lipinski definition) is 3. The lowest BCUT2D eigenvalue weighted by atomic mass is 10.1. The summed E-state index contributed by atoms with van der Waals surface area (Å²) in [5.41, 5.74) is -0.881. The molecule has 4 aromatic rings. The third kappa shape index (κ3) is 2.52. The van der Waals surface area contributed by atoms with Crippen molar-refractivity contribution in [3.63, 3.8) is 0 Å². The van der Waals surface area contributed by atoms with Crippen molar-refractivity contribution in [3.05, 3.63) is 82.9 Å². The highest BCUT2D eigenvalue weighted by Gasteiger charge is 2.15. The summed E-state index contributed by atoms with van der Waals surface area (Å²) >= 11 is 9.27. The standard InChI is InChI=1S/C17H9BrClN3O3/c18-8-1-4-10(5-2-8)22-17(25)14-13(16(24)21-22)15(23)11-6-3-9(19)7-12(11)20-14/h1-7H,(H,20,23)(H,21,24). The SMILES string of the molecule is O=c1[nH]n(-c2ccc(Br)cc2)c(=O)c2[nH]c3cc(Cl)ccc3c(=O)c12. The number of aromatic nitrogens is 3. The summed E-state index contributed by atoms with van der Waals surface area (Å²) in [6, 6.07) is 11.5. The zero-order chi connectivity index (χ0) is 17.7. The van der Waals surface area contributed by atoms with Gasteiger partial charge in [-0.3, -0.25) is 19.5 Å². The molecule has 25 heavy (non-hydrogen) atoms. The Hall–Kier alpha value is -2.64. The molecular weight excluding hydrogens is 410 g/mol. The Kier molecular flexibility index (Phi) is 3.63. The van der Waals surface area contributed by atoms with E-state index in [4.69, 9.17) is 11.6 Å². The van der Waals surface area contributed by atoms with Crippen molar-refractivity contribution < 1.29 is 0 Å². The Bertz CT molecular complexity index is 1320. The van der Waals surface area contributed by atoms with E-state index in [1.165, 1.54) is 6.07 Å². The molecule has 0 radical (unpaired) electrons. The molecule has 0 fully saturated rings. The first-order valence-corrected chi connectivity index (χ1v) is 8.39. The van der Waals surface area contributed by atoms with Gasteiger partial charge in [-0.25, -0.2) is 4.68 Å². The van der Waals surface area contributed by atoms with Gasteiger partial charge in [-0.05, 0) is 42.5 Å². The molecule has 0 saturated carbocycles. The van der Waals surface area contributed by atoms with Crippen LogP contribution in [-0.4, -0.2) is 14.8 Å². The van der Waals surface area contributed by atoms with E-state index in [-0.39, 0.29) is 10.9 Å². The molecule has 2 aromatic heterocycles. The molecule has 0 aliphatic heterocycles. The predicted molar refractivity (Wildman–Crippen MR) is 101 cm³/mol. The summed E-state index contributed by atoms with van der Waals surface area (Å²) in [7, 11) is 0. The lowest BCUT2D eigenvalue weighted by molar-refractivity contribution is 0.798. The third-order valence-corrected chi connectivity index (χ3v) is 4.67. The molecule has 0 spiro atoms. The van der Waals surface area contributed by atoms with Gasteiger partial charge in [0.15, 0.2) is 0 Å². The Balaban J connectivity index is 2.17. The number of nitrogens with one attached hydrogen (secondary N) is 2. The normalized spacial score (nSPS) is 11.3. The number of nitrogens with zero attached hydrogens (tertiary/aromatic N) is 1. The predicted octanol–water partition coefficient (Wildman–Crippen LogP) is 2.94. The van der Waals surface area contributed by atoms with Crippen LogP contribution in [0, 0.1) is 0 Å². The number of rotatable bonds is 1. The van der Waals surface area contributed by atoms with E-state index in [0.717, 1.165) is 9.15 Å². The van der Waals surface area contributed by atoms with Crippen LogP contribution in [0.4, 0.5) is 0 Å². The van der Waals surface area contributed by atoms with E-state index >= 15 is 0 Å². The summed E-state index contributed by atoms with van der Waals surface area (Å²) in [6.45, 7) is 0. The fraction of sp³-hybridized carbons (Fsp3) is 0. The second kappa shape index (κ2) is 5.72. The highest BCUT2D eigenvalue weighted by molar-refractivity contribution is 9.10. The van der Waals surface area contributed by atoms with Gasteiger partial charge >= 0.3 is 0 Å². The summed E-state index contributed by atoms with van der Waals surface area (Å²) < 4.78 is 1.94. The van der Waals surface area contributed by atoms with Crippen LogP contribution in [0.2, 0.25) is 5.02 Å². The first-order chi connectivity index (χ1) is 12.0. The van der Waals surface area contributed by atoms with Crippen LogP contribution in [-0.2, 0) is 0 Å². The molecule has 0 bridgehead atoms. The van der Waals surface area contributed by atoms with E-state index in [1.807, 2.05) is 0 Å². The van der Waals surface area contributed by atoms with Gasteiger partial charge in [-0.2, -0.15) is 0 Å². The summed E-state index contributed by atoms with van der Waals surface area (Å²) in [5.74, 6) is 0. The van der Waals surface area contributed by atoms with E-state index in [1.54, 1.807) is 36.4 Å². The molecule has 2 aromatic carbocycles. The smallest absolute Gasteiger partial charge is 0.294 e. The van der Waals surface area contributed by atoms with Gasteiger partial charge in [0.25, 0.3) is 11.1 Å². The Morgan fingerprint density at radius 1 is 1.00 bits per heavy atom. The van der Waals surface area contributed by atoms with Crippen LogP contribution in [0.3, 0.4) is 0 Å². The second-order valence-electron chi connectivity index (χ2n) is 5.45. The van der Waals surface area contributed by atoms with Gasteiger partial charge in [0.2, 0.25) is 5.43 Å². The maximum absolute atomic E-state index is 12.8. The summed E-state index contributed by atoms with van der Waals surface area (Å²) in [6.07, 6.45) is 0. The van der Waals surface area contributed by atoms with Crippen molar-refractivity contribution in [1.82, 2.24) is 14.8 Å². The Labute approximate surface area is 152 Å². The highest BCUT2D eigenvalue weighted by Crippen LogP contribution is 2.17. The first-order valence-electron chi connectivity index (χ1n) is 7.22. The molecule has 124 valence electrons. The largest absolute Gasteiger partial charge is 0.350 e. The van der Waals surface area contributed by atoms with Gasteiger partial charge in [0.05, 0.1) is 11.2 Å². The molecule has 0 aliphatic rings. The van der Waals surface area contributed by atoms with Gasteiger partial charge in [0, 0.05) is 14.9 Å². The number of benzene rings is 2. The van der Waals surface area contributed by atoms with Crippen LogP contribution in [0.1, 0.15) is 0 Å². The number of fused-ring (bicyclic) bond motifs is 2. The molecule has 0 saturated heterocycles. The molecule has 0 unspecified atom stereocenters. The van der Waals surface area contributed by atoms with Gasteiger partial charge in [-0.1, -0.05) is 27.5 Å². The van der Waals surface area contributed by atoms with Crippen LogP contribution in [0.15, 0.2) is 61.3 Å².